The third kappa shape index (κ3) is 2.73. The maximum absolute atomic E-state index is 5.22. The minimum absolute atomic E-state index is 0.682. The molecule has 0 fully saturated rings. The number of aromatic nitrogens is 2. The van der Waals surface area contributed by atoms with Crippen LogP contribution in [0.15, 0.2) is 10.7 Å². The normalized spacial score (nSPS) is 11.0. The molecule has 2 heterocycles. The smallest absolute Gasteiger partial charge is 0.191 e. The van der Waals surface area contributed by atoms with Gasteiger partial charge in [0.05, 0.1) is 5.69 Å². The number of hydrogen-bond donors (Lipinski definition) is 1. The van der Waals surface area contributed by atoms with E-state index in [1.807, 2.05) is 6.92 Å². The zero-order valence-corrected chi connectivity index (χ0v) is 11.2. The Morgan fingerprint density at radius 2 is 2.18 bits per heavy atom. The van der Waals surface area contributed by atoms with Gasteiger partial charge in [0, 0.05) is 18.3 Å². The van der Waals surface area contributed by atoms with Crippen LogP contribution in [0.25, 0.3) is 10.7 Å². The van der Waals surface area contributed by atoms with Crippen LogP contribution in [0.2, 0.25) is 0 Å². The van der Waals surface area contributed by atoms with Crippen LogP contribution in [-0.2, 0) is 13.0 Å². The number of thiazole rings is 1. The van der Waals surface area contributed by atoms with Gasteiger partial charge in [-0.15, -0.1) is 11.3 Å². The summed E-state index contributed by atoms with van der Waals surface area (Å²) in [5.41, 5.74) is 2.00. The lowest BCUT2D eigenvalue weighted by Crippen LogP contribution is -2.11. The molecule has 0 aliphatic carbocycles. The molecule has 2 aromatic rings. The molecule has 4 nitrogen and oxygen atoms in total. The lowest BCUT2D eigenvalue weighted by molar-refractivity contribution is 0.521. The van der Waals surface area contributed by atoms with Crippen LogP contribution in [-0.4, -0.2) is 16.5 Å². The summed E-state index contributed by atoms with van der Waals surface area (Å²) in [6.07, 6.45) is 2.62. The highest BCUT2D eigenvalue weighted by molar-refractivity contribution is 7.15. The second-order valence-electron chi connectivity index (χ2n) is 3.77. The Kier molecular flexibility index (Phi) is 3.91. The summed E-state index contributed by atoms with van der Waals surface area (Å²) in [6, 6.07) is 0. The summed E-state index contributed by atoms with van der Waals surface area (Å²) < 4.78 is 5.22. The van der Waals surface area contributed by atoms with E-state index in [0.717, 1.165) is 35.9 Å². The number of aryl methyl sites for hydroxylation is 2. The largest absolute Gasteiger partial charge is 0.449 e. The van der Waals surface area contributed by atoms with Gasteiger partial charge in [-0.25, -0.2) is 9.97 Å². The summed E-state index contributed by atoms with van der Waals surface area (Å²) in [6.45, 7) is 7.93. The van der Waals surface area contributed by atoms with Gasteiger partial charge in [-0.2, -0.15) is 0 Å². The summed E-state index contributed by atoms with van der Waals surface area (Å²) in [5.74, 6) is 0.682. The average Bonchev–Trinajstić information content (AvgIpc) is 2.92. The van der Waals surface area contributed by atoms with Crippen LogP contribution in [0, 0.1) is 6.92 Å². The maximum Gasteiger partial charge on any atom is 0.191 e. The van der Waals surface area contributed by atoms with E-state index in [1.54, 1.807) is 17.6 Å². The van der Waals surface area contributed by atoms with E-state index in [1.165, 1.54) is 4.88 Å². The van der Waals surface area contributed by atoms with E-state index < -0.39 is 0 Å². The van der Waals surface area contributed by atoms with Gasteiger partial charge in [-0.3, -0.25) is 0 Å². The lowest BCUT2D eigenvalue weighted by atomic mass is 10.3. The Morgan fingerprint density at radius 3 is 2.76 bits per heavy atom. The first kappa shape index (κ1) is 12.3. The molecule has 0 aliphatic rings. The molecule has 92 valence electrons. The average molecular weight is 251 g/mol. The maximum atomic E-state index is 5.22. The first-order valence-corrected chi connectivity index (χ1v) is 6.68. The van der Waals surface area contributed by atoms with E-state index in [-0.39, 0.29) is 0 Å². The Balaban J connectivity index is 2.27. The van der Waals surface area contributed by atoms with Crippen molar-refractivity contribution >= 4 is 11.3 Å². The molecule has 0 aromatic carbocycles. The summed E-state index contributed by atoms with van der Waals surface area (Å²) >= 11 is 1.69. The fourth-order valence-electron chi connectivity index (χ4n) is 1.61. The Bertz CT molecular complexity index is 490. The van der Waals surface area contributed by atoms with Gasteiger partial charge in [-0.05, 0) is 13.0 Å². The number of nitrogens with one attached hydrogen (secondary N) is 1. The molecule has 0 saturated heterocycles. The molecule has 0 unspecified atom stereocenters. The first-order chi connectivity index (χ1) is 8.24. The second-order valence-corrected chi connectivity index (χ2v) is 4.86. The van der Waals surface area contributed by atoms with E-state index >= 15 is 0 Å². The second kappa shape index (κ2) is 5.42. The van der Waals surface area contributed by atoms with Crippen molar-refractivity contribution in [1.82, 2.24) is 15.3 Å². The van der Waals surface area contributed by atoms with E-state index in [2.05, 4.69) is 29.1 Å². The number of nitrogens with zero attached hydrogens (tertiary/aromatic N) is 2. The molecular formula is C12H17N3OS. The molecule has 0 atom stereocenters. The lowest BCUT2D eigenvalue weighted by Gasteiger charge is -1.99. The number of rotatable bonds is 5. The van der Waals surface area contributed by atoms with Gasteiger partial charge in [0.1, 0.15) is 17.0 Å². The number of hydrogen-bond acceptors (Lipinski definition) is 5. The highest BCUT2D eigenvalue weighted by atomic mass is 32.1. The third-order valence-electron chi connectivity index (χ3n) is 2.49. The minimum Gasteiger partial charge on any atom is -0.449 e. The zero-order chi connectivity index (χ0) is 12.3. The van der Waals surface area contributed by atoms with Gasteiger partial charge in [0.25, 0.3) is 0 Å². The molecule has 0 amide bonds. The van der Waals surface area contributed by atoms with Crippen molar-refractivity contribution in [3.8, 4) is 10.7 Å². The SMILES string of the molecule is CCNCc1sc(-c2coc(C)n2)nc1CC. The fraction of sp³-hybridized carbons (Fsp3) is 0.500. The van der Waals surface area contributed by atoms with Crippen molar-refractivity contribution in [2.75, 3.05) is 6.54 Å². The Morgan fingerprint density at radius 1 is 1.35 bits per heavy atom. The van der Waals surface area contributed by atoms with Crippen LogP contribution < -0.4 is 5.32 Å². The van der Waals surface area contributed by atoms with Gasteiger partial charge in [0.15, 0.2) is 5.89 Å². The van der Waals surface area contributed by atoms with Crippen LogP contribution in [0.3, 0.4) is 0 Å². The highest BCUT2D eigenvalue weighted by Crippen LogP contribution is 2.27. The molecule has 0 saturated carbocycles. The predicted octanol–water partition coefficient (Wildman–Crippen LogP) is 2.78. The number of oxazole rings is 1. The monoisotopic (exact) mass is 251 g/mol. The molecule has 2 rings (SSSR count). The van der Waals surface area contributed by atoms with Gasteiger partial charge in [0.2, 0.25) is 0 Å². The fourth-order valence-corrected chi connectivity index (χ4v) is 2.68. The predicted molar refractivity (Wildman–Crippen MR) is 69.1 cm³/mol. The van der Waals surface area contributed by atoms with Crippen molar-refractivity contribution in [1.29, 1.82) is 0 Å². The molecule has 5 heteroatoms. The van der Waals surface area contributed by atoms with Crippen molar-refractivity contribution in [3.63, 3.8) is 0 Å². The van der Waals surface area contributed by atoms with Gasteiger partial charge in [-0.1, -0.05) is 13.8 Å². The minimum atomic E-state index is 0.682. The van der Waals surface area contributed by atoms with E-state index in [0.29, 0.717) is 5.89 Å². The van der Waals surface area contributed by atoms with Gasteiger partial charge >= 0.3 is 0 Å². The van der Waals surface area contributed by atoms with Gasteiger partial charge < -0.3 is 9.73 Å². The quantitative estimate of drug-likeness (QED) is 0.887. The van der Waals surface area contributed by atoms with Crippen molar-refractivity contribution in [3.05, 3.63) is 22.7 Å². The summed E-state index contributed by atoms with van der Waals surface area (Å²) in [7, 11) is 0. The highest BCUT2D eigenvalue weighted by Gasteiger charge is 2.13. The molecule has 0 radical (unpaired) electrons. The standard InChI is InChI=1S/C12H17N3OS/c1-4-9-11(6-13-5-2)17-12(15-9)10-7-16-8(3)14-10/h7,13H,4-6H2,1-3H3. The van der Waals surface area contributed by atoms with E-state index in [9.17, 15) is 0 Å². The zero-order valence-electron chi connectivity index (χ0n) is 10.4. The Hall–Kier alpha value is -1.20. The summed E-state index contributed by atoms with van der Waals surface area (Å²) in [4.78, 5) is 10.2. The van der Waals surface area contributed by atoms with Crippen LogP contribution in [0.5, 0.6) is 0 Å². The molecular weight excluding hydrogens is 234 g/mol. The van der Waals surface area contributed by atoms with E-state index in [4.69, 9.17) is 4.42 Å². The summed E-state index contributed by atoms with van der Waals surface area (Å²) in [5, 5.41) is 4.29. The van der Waals surface area contributed by atoms with Crippen LogP contribution in [0.4, 0.5) is 0 Å². The van der Waals surface area contributed by atoms with Crippen LogP contribution >= 0.6 is 11.3 Å². The molecule has 0 spiro atoms. The van der Waals surface area contributed by atoms with Crippen molar-refractivity contribution in [2.24, 2.45) is 0 Å². The molecule has 17 heavy (non-hydrogen) atoms. The molecule has 0 aliphatic heterocycles. The van der Waals surface area contributed by atoms with Crippen LogP contribution in [0.1, 0.15) is 30.3 Å². The third-order valence-corrected chi connectivity index (χ3v) is 3.61. The topological polar surface area (TPSA) is 51.0 Å². The Labute approximate surface area is 105 Å². The van der Waals surface area contributed by atoms with Crippen molar-refractivity contribution in [2.45, 2.75) is 33.7 Å². The molecule has 0 bridgehead atoms. The molecule has 2 aromatic heterocycles. The molecule has 1 N–H and O–H groups in total. The van der Waals surface area contributed by atoms with Crippen molar-refractivity contribution < 1.29 is 4.42 Å². The first-order valence-electron chi connectivity index (χ1n) is 5.86.